The minimum absolute atomic E-state index is 0.0308. The Morgan fingerprint density at radius 1 is 1.18 bits per heavy atom. The first-order chi connectivity index (χ1) is 19.4. The number of para-hydroxylation sites is 1. The molecule has 2 amide bonds. The van der Waals surface area contributed by atoms with Gasteiger partial charge in [-0.05, 0) is 53.8 Å². The third-order valence-corrected chi connectivity index (χ3v) is 8.50. The molecule has 204 valence electrons. The molecule has 2 aliphatic rings. The van der Waals surface area contributed by atoms with Crippen molar-refractivity contribution < 1.29 is 14.3 Å². The van der Waals surface area contributed by atoms with Gasteiger partial charge in [0.25, 0.3) is 5.56 Å². The summed E-state index contributed by atoms with van der Waals surface area (Å²) in [5.41, 5.74) is 4.88. The number of methoxy groups -OCH3 is 1. The zero-order valence-corrected chi connectivity index (χ0v) is 22.6. The van der Waals surface area contributed by atoms with Crippen LogP contribution < -0.4 is 11.0 Å². The lowest BCUT2D eigenvalue weighted by Gasteiger charge is -2.33. The monoisotopic (exact) mass is 537 g/mol. The second kappa shape index (κ2) is 10.9. The van der Waals surface area contributed by atoms with Gasteiger partial charge in [-0.15, -0.1) is 0 Å². The number of H-pyrrole nitrogens is 2. The van der Waals surface area contributed by atoms with Gasteiger partial charge in [-0.3, -0.25) is 19.5 Å². The summed E-state index contributed by atoms with van der Waals surface area (Å²) in [7, 11) is 7.91. The second-order valence-electron chi connectivity index (χ2n) is 10.9. The van der Waals surface area contributed by atoms with E-state index in [1.807, 2.05) is 41.3 Å². The number of aromatic nitrogens is 3. The maximum Gasteiger partial charge on any atom is 0.251 e. The number of carbonyl (C=O) groups excluding carboxylic acids is 2. The lowest BCUT2D eigenvalue weighted by Crippen LogP contribution is -2.42. The first-order valence-corrected chi connectivity index (χ1v) is 13.8. The fraction of sp³-hybridized carbons (Fsp3) is 0.400. The van der Waals surface area contributed by atoms with E-state index in [0.29, 0.717) is 57.5 Å². The zero-order valence-electron chi connectivity index (χ0n) is 22.6. The highest BCUT2D eigenvalue weighted by molar-refractivity contribution is 6.38. The number of nitrogens with one attached hydrogen (secondary N) is 2. The molecule has 0 unspecified atom stereocenters. The number of benzene rings is 2. The average molecular weight is 537 g/mol. The van der Waals surface area contributed by atoms with Crippen LogP contribution in [0.1, 0.15) is 41.9 Å². The summed E-state index contributed by atoms with van der Waals surface area (Å²) >= 11 is 0. The highest BCUT2D eigenvalue weighted by atomic mass is 16.5. The Morgan fingerprint density at radius 3 is 2.77 bits per heavy atom. The van der Waals surface area contributed by atoms with Crippen molar-refractivity contribution >= 4 is 46.9 Å². The molecule has 4 heterocycles. The van der Waals surface area contributed by atoms with Crippen molar-refractivity contribution in [1.82, 2.24) is 25.0 Å². The molecule has 1 fully saturated rings. The largest absolute Gasteiger partial charge is 0.383 e. The first kappa shape index (κ1) is 26.3. The quantitative estimate of drug-likeness (QED) is 0.366. The van der Waals surface area contributed by atoms with E-state index < -0.39 is 5.92 Å². The number of likely N-dealkylation sites (tertiary alicyclic amines) is 1. The summed E-state index contributed by atoms with van der Waals surface area (Å²) in [5, 5.41) is 9.04. The van der Waals surface area contributed by atoms with E-state index >= 15 is 0 Å². The van der Waals surface area contributed by atoms with E-state index in [-0.39, 0.29) is 29.7 Å². The smallest absolute Gasteiger partial charge is 0.251 e. The average Bonchev–Trinajstić information content (AvgIpc) is 3.42. The molecule has 0 spiro atoms. The fourth-order valence-corrected chi connectivity index (χ4v) is 6.30. The molecule has 40 heavy (non-hydrogen) atoms. The van der Waals surface area contributed by atoms with Gasteiger partial charge in [0.15, 0.2) is 0 Å². The van der Waals surface area contributed by atoms with Gasteiger partial charge in [0.05, 0.1) is 24.2 Å². The normalized spacial score (nSPS) is 18.3. The summed E-state index contributed by atoms with van der Waals surface area (Å²) in [5.74, 6) is -0.477. The van der Waals surface area contributed by atoms with Gasteiger partial charge in [-0.1, -0.05) is 29.7 Å². The van der Waals surface area contributed by atoms with Crippen molar-refractivity contribution in [2.75, 3.05) is 33.4 Å². The Labute approximate surface area is 233 Å². The van der Waals surface area contributed by atoms with Gasteiger partial charge in [0.2, 0.25) is 11.8 Å². The van der Waals surface area contributed by atoms with Crippen LogP contribution in [0.3, 0.4) is 0 Å². The molecule has 1 saturated heterocycles. The minimum Gasteiger partial charge on any atom is -0.383 e. The lowest BCUT2D eigenvalue weighted by atomic mass is 9.85. The number of hydrogen-bond donors (Lipinski definition) is 2. The lowest BCUT2D eigenvalue weighted by molar-refractivity contribution is -0.142. The van der Waals surface area contributed by atoms with Crippen LogP contribution in [0.2, 0.25) is 0 Å². The number of pyridine rings is 1. The van der Waals surface area contributed by atoms with E-state index in [9.17, 15) is 14.4 Å². The Bertz CT molecular complexity index is 1640. The molecule has 0 bridgehead atoms. The molecule has 0 aliphatic carbocycles. The van der Waals surface area contributed by atoms with Gasteiger partial charge in [-0.2, -0.15) is 5.10 Å². The molecule has 0 saturated carbocycles. The minimum atomic E-state index is -0.490. The molecule has 10 heteroatoms. The molecule has 2 aromatic carbocycles. The molecule has 9 nitrogen and oxygen atoms in total. The molecule has 4 aromatic rings. The molecule has 1 atom stereocenters. The SMILES string of the molecule is [B]c1cc2c(c3cn[nH]c13)CN(CCOC)C(=O)[C@H](CC(=O)N1CCC(c3cc4ccccc4[nH]c3=O)CC1)C2. The number of carbonyl (C=O) groups is 2. The third-order valence-electron chi connectivity index (χ3n) is 8.50. The summed E-state index contributed by atoms with van der Waals surface area (Å²) < 4.78 is 5.27. The van der Waals surface area contributed by atoms with Crippen molar-refractivity contribution in [1.29, 1.82) is 0 Å². The molecule has 6 rings (SSSR count). The van der Waals surface area contributed by atoms with Crippen molar-refractivity contribution in [2.24, 2.45) is 5.92 Å². The number of fused-ring (bicyclic) bond motifs is 4. The van der Waals surface area contributed by atoms with E-state index in [1.165, 1.54) is 0 Å². The van der Waals surface area contributed by atoms with Crippen molar-refractivity contribution in [3.63, 3.8) is 0 Å². The topological polar surface area (TPSA) is 111 Å². The number of aromatic amines is 2. The maximum atomic E-state index is 13.7. The number of ether oxygens (including phenoxy) is 1. The van der Waals surface area contributed by atoms with Crippen molar-refractivity contribution in [3.8, 4) is 0 Å². The highest BCUT2D eigenvalue weighted by Gasteiger charge is 2.34. The molecule has 2 N–H and O–H groups in total. The summed E-state index contributed by atoms with van der Waals surface area (Å²) in [6.07, 6.45) is 3.75. The van der Waals surface area contributed by atoms with E-state index in [1.54, 1.807) is 18.2 Å². The van der Waals surface area contributed by atoms with E-state index in [4.69, 9.17) is 12.6 Å². The Kier molecular flexibility index (Phi) is 7.19. The van der Waals surface area contributed by atoms with E-state index in [0.717, 1.165) is 38.5 Å². The van der Waals surface area contributed by atoms with Gasteiger partial charge in [-0.25, -0.2) is 0 Å². The number of piperidine rings is 1. The van der Waals surface area contributed by atoms with Crippen LogP contribution in [0.15, 0.2) is 47.4 Å². The summed E-state index contributed by atoms with van der Waals surface area (Å²) in [4.78, 5) is 46.6. The summed E-state index contributed by atoms with van der Waals surface area (Å²) in [6.45, 7) is 2.39. The molecule has 2 radical (unpaired) electrons. The van der Waals surface area contributed by atoms with Crippen LogP contribution in [-0.4, -0.2) is 78.0 Å². The number of hydrogen-bond acceptors (Lipinski definition) is 5. The van der Waals surface area contributed by atoms with Crippen molar-refractivity contribution in [3.05, 3.63) is 69.6 Å². The predicted octanol–water partition coefficient (Wildman–Crippen LogP) is 2.14. The first-order valence-electron chi connectivity index (χ1n) is 13.8. The standard InChI is InChI=1S/C30H32BN5O4/c1-40-11-10-36-17-24-20(14-25(31)28-23(24)16-32-34-28)12-21(30(36)39)15-27(37)35-8-6-18(7-9-35)22-13-19-4-2-3-5-26(19)33-29(22)38/h2-5,13-14,16,18,21H,6-12,15,17H2,1H3,(H,32,34)(H,33,38)/t21-/m0/s1. The Hall–Kier alpha value is -3.92. The van der Waals surface area contributed by atoms with Crippen LogP contribution >= 0.6 is 0 Å². The number of rotatable bonds is 6. The van der Waals surface area contributed by atoms with E-state index in [2.05, 4.69) is 15.2 Å². The van der Waals surface area contributed by atoms with Crippen LogP contribution in [0.5, 0.6) is 0 Å². The van der Waals surface area contributed by atoms with Crippen LogP contribution in [0.25, 0.3) is 21.8 Å². The number of amides is 2. The van der Waals surface area contributed by atoms with Crippen molar-refractivity contribution in [2.45, 2.75) is 38.1 Å². The van der Waals surface area contributed by atoms with Crippen LogP contribution in [0.4, 0.5) is 0 Å². The summed E-state index contributed by atoms with van der Waals surface area (Å²) in [6, 6.07) is 11.7. The predicted molar refractivity (Wildman–Crippen MR) is 154 cm³/mol. The van der Waals surface area contributed by atoms with Gasteiger partial charge in [0, 0.05) is 56.2 Å². The van der Waals surface area contributed by atoms with Gasteiger partial charge in [0.1, 0.15) is 7.85 Å². The Morgan fingerprint density at radius 2 is 1.98 bits per heavy atom. The molecule has 2 aliphatic heterocycles. The Balaban J connectivity index is 1.18. The maximum absolute atomic E-state index is 13.7. The third kappa shape index (κ3) is 4.92. The van der Waals surface area contributed by atoms with Gasteiger partial charge >= 0.3 is 0 Å². The highest BCUT2D eigenvalue weighted by Crippen LogP contribution is 2.31. The van der Waals surface area contributed by atoms with Crippen LogP contribution in [0, 0.1) is 5.92 Å². The zero-order chi connectivity index (χ0) is 27.8. The van der Waals surface area contributed by atoms with Crippen LogP contribution in [-0.2, 0) is 27.3 Å². The second-order valence-corrected chi connectivity index (χ2v) is 10.9. The molecular formula is C30H32BN5O4. The van der Waals surface area contributed by atoms with Gasteiger partial charge < -0.3 is 19.5 Å². The number of nitrogens with zero attached hydrogens (tertiary/aromatic N) is 3. The molecule has 2 aromatic heterocycles. The fourth-order valence-electron chi connectivity index (χ4n) is 6.30. The molecular weight excluding hydrogens is 505 g/mol.